The predicted octanol–water partition coefficient (Wildman–Crippen LogP) is 3.61. The van der Waals surface area contributed by atoms with Crippen molar-refractivity contribution >= 4 is 11.6 Å². The van der Waals surface area contributed by atoms with Crippen LogP contribution in [0, 0.1) is 5.82 Å². The van der Waals surface area contributed by atoms with Crippen molar-refractivity contribution in [2.24, 2.45) is 0 Å². The number of benzene rings is 2. The van der Waals surface area contributed by atoms with Crippen LogP contribution >= 0.6 is 0 Å². The molecule has 27 heavy (non-hydrogen) atoms. The number of halogens is 1. The van der Waals surface area contributed by atoms with Crippen LogP contribution in [0.5, 0.6) is 0 Å². The van der Waals surface area contributed by atoms with Crippen LogP contribution in [-0.4, -0.2) is 33.2 Å². The number of carbonyl (C=O) groups is 1. The zero-order valence-electron chi connectivity index (χ0n) is 14.9. The van der Waals surface area contributed by atoms with Gasteiger partial charge in [-0.3, -0.25) is 9.69 Å². The zero-order valence-corrected chi connectivity index (χ0v) is 14.9. The predicted molar refractivity (Wildman–Crippen MR) is 102 cm³/mol. The minimum Gasteiger partial charge on any atom is -0.325 e. The lowest BCUT2D eigenvalue weighted by Crippen LogP contribution is -2.39. The molecule has 2 heterocycles. The van der Waals surface area contributed by atoms with Crippen molar-refractivity contribution in [1.82, 2.24) is 14.7 Å². The lowest BCUT2D eigenvalue weighted by molar-refractivity contribution is -0.120. The molecule has 1 N–H and O–H groups in total. The van der Waals surface area contributed by atoms with E-state index in [1.807, 2.05) is 47.5 Å². The van der Waals surface area contributed by atoms with Gasteiger partial charge in [0.25, 0.3) is 0 Å². The third-order valence-electron chi connectivity index (χ3n) is 4.88. The van der Waals surface area contributed by atoms with Crippen molar-refractivity contribution in [3.8, 4) is 5.69 Å². The normalized spacial score (nSPS) is 17.1. The van der Waals surface area contributed by atoms with Crippen molar-refractivity contribution in [2.75, 3.05) is 11.9 Å². The molecule has 1 atom stereocenters. The molecule has 5 nitrogen and oxygen atoms in total. The van der Waals surface area contributed by atoms with Gasteiger partial charge in [-0.05, 0) is 49.7 Å². The Morgan fingerprint density at radius 1 is 1.19 bits per heavy atom. The molecule has 1 saturated heterocycles. The number of hydrogen-bond acceptors (Lipinski definition) is 3. The smallest absolute Gasteiger partial charge is 0.241 e. The molecule has 4 rings (SSSR count). The molecular formula is C21H21FN4O. The summed E-state index contributed by atoms with van der Waals surface area (Å²) in [7, 11) is 0. The van der Waals surface area contributed by atoms with E-state index in [4.69, 9.17) is 0 Å². The molecule has 0 spiro atoms. The summed E-state index contributed by atoms with van der Waals surface area (Å²) < 4.78 is 15.7. The topological polar surface area (TPSA) is 50.2 Å². The van der Waals surface area contributed by atoms with E-state index in [9.17, 15) is 9.18 Å². The van der Waals surface area contributed by atoms with Gasteiger partial charge in [0.2, 0.25) is 5.91 Å². The van der Waals surface area contributed by atoms with Gasteiger partial charge < -0.3 is 5.32 Å². The number of aromatic nitrogens is 2. The highest BCUT2D eigenvalue weighted by Gasteiger charge is 2.31. The van der Waals surface area contributed by atoms with Gasteiger partial charge in [0.1, 0.15) is 5.82 Å². The SMILES string of the molecule is O=C(Nc1cccc(-n2cccn2)c1)C1CCCN1Cc1ccccc1F. The van der Waals surface area contributed by atoms with Crippen molar-refractivity contribution in [2.45, 2.75) is 25.4 Å². The van der Waals surface area contributed by atoms with Gasteiger partial charge in [-0.25, -0.2) is 9.07 Å². The minimum absolute atomic E-state index is 0.0542. The number of likely N-dealkylation sites (tertiary alicyclic amines) is 1. The van der Waals surface area contributed by atoms with Crippen molar-refractivity contribution in [3.05, 3.63) is 78.4 Å². The second-order valence-electron chi connectivity index (χ2n) is 6.71. The molecule has 1 aliphatic heterocycles. The van der Waals surface area contributed by atoms with E-state index in [0.717, 1.165) is 30.8 Å². The third-order valence-corrected chi connectivity index (χ3v) is 4.88. The molecule has 2 aromatic carbocycles. The average Bonchev–Trinajstić information content (AvgIpc) is 3.36. The summed E-state index contributed by atoms with van der Waals surface area (Å²) >= 11 is 0. The summed E-state index contributed by atoms with van der Waals surface area (Å²) in [6.07, 6.45) is 5.28. The van der Waals surface area contributed by atoms with Crippen LogP contribution < -0.4 is 5.32 Å². The molecule has 1 fully saturated rings. The van der Waals surface area contributed by atoms with E-state index in [0.29, 0.717) is 12.1 Å². The average molecular weight is 364 g/mol. The zero-order chi connectivity index (χ0) is 18.6. The molecule has 0 radical (unpaired) electrons. The van der Waals surface area contributed by atoms with E-state index in [2.05, 4.69) is 10.4 Å². The molecule has 0 aliphatic carbocycles. The molecular weight excluding hydrogens is 343 g/mol. The fourth-order valence-electron chi connectivity index (χ4n) is 3.53. The first kappa shape index (κ1) is 17.4. The van der Waals surface area contributed by atoms with Gasteiger partial charge in [-0.1, -0.05) is 24.3 Å². The van der Waals surface area contributed by atoms with E-state index in [1.165, 1.54) is 6.07 Å². The molecule has 3 aromatic rings. The summed E-state index contributed by atoms with van der Waals surface area (Å²) in [6.45, 7) is 1.23. The fourth-order valence-corrected chi connectivity index (χ4v) is 3.53. The monoisotopic (exact) mass is 364 g/mol. The summed E-state index contributed by atoms with van der Waals surface area (Å²) in [5.41, 5.74) is 2.23. The molecule has 1 aromatic heterocycles. The van der Waals surface area contributed by atoms with Crippen LogP contribution in [0.2, 0.25) is 0 Å². The van der Waals surface area contributed by atoms with Crippen LogP contribution in [0.15, 0.2) is 67.0 Å². The maximum Gasteiger partial charge on any atom is 0.241 e. The van der Waals surface area contributed by atoms with Gasteiger partial charge in [-0.2, -0.15) is 5.10 Å². The first-order valence-electron chi connectivity index (χ1n) is 9.09. The Hall–Kier alpha value is -2.99. The molecule has 0 bridgehead atoms. The van der Waals surface area contributed by atoms with Crippen LogP contribution in [0.3, 0.4) is 0 Å². The number of rotatable bonds is 5. The van der Waals surface area contributed by atoms with Gasteiger partial charge in [-0.15, -0.1) is 0 Å². The first-order chi connectivity index (χ1) is 13.2. The molecule has 138 valence electrons. The number of nitrogens with one attached hydrogen (secondary N) is 1. The summed E-state index contributed by atoms with van der Waals surface area (Å²) in [4.78, 5) is 14.9. The maximum atomic E-state index is 14.0. The minimum atomic E-state index is -0.252. The molecule has 0 saturated carbocycles. The van der Waals surface area contributed by atoms with E-state index in [1.54, 1.807) is 23.0 Å². The molecule has 1 amide bonds. The van der Waals surface area contributed by atoms with E-state index >= 15 is 0 Å². The van der Waals surface area contributed by atoms with Gasteiger partial charge in [0.05, 0.1) is 11.7 Å². The maximum absolute atomic E-state index is 14.0. The second-order valence-corrected chi connectivity index (χ2v) is 6.71. The molecule has 6 heteroatoms. The van der Waals surface area contributed by atoms with Crippen molar-refractivity contribution in [1.29, 1.82) is 0 Å². The Morgan fingerprint density at radius 3 is 2.89 bits per heavy atom. The van der Waals surface area contributed by atoms with Gasteiger partial charge in [0, 0.05) is 30.2 Å². The number of nitrogens with zero attached hydrogens (tertiary/aromatic N) is 3. The molecule has 1 aliphatic rings. The van der Waals surface area contributed by atoms with Crippen molar-refractivity contribution in [3.63, 3.8) is 0 Å². The Balaban J connectivity index is 1.46. The Kier molecular flexibility index (Phi) is 4.98. The number of amides is 1. The number of hydrogen-bond donors (Lipinski definition) is 1. The lowest BCUT2D eigenvalue weighted by atomic mass is 10.1. The highest BCUT2D eigenvalue weighted by atomic mass is 19.1. The van der Waals surface area contributed by atoms with E-state index < -0.39 is 0 Å². The standard InChI is InChI=1S/C21H21FN4O/c22-19-9-2-1-6-16(19)15-25-12-4-10-20(25)21(27)24-17-7-3-8-18(14-17)26-13-5-11-23-26/h1-3,5-9,11,13-14,20H,4,10,12,15H2,(H,24,27). The highest BCUT2D eigenvalue weighted by molar-refractivity contribution is 5.95. The summed E-state index contributed by atoms with van der Waals surface area (Å²) in [5.74, 6) is -0.281. The van der Waals surface area contributed by atoms with Crippen LogP contribution in [0.25, 0.3) is 5.69 Å². The molecule has 1 unspecified atom stereocenters. The summed E-state index contributed by atoms with van der Waals surface area (Å²) in [6, 6.07) is 15.9. The van der Waals surface area contributed by atoms with E-state index in [-0.39, 0.29) is 17.8 Å². The quantitative estimate of drug-likeness (QED) is 0.752. The van der Waals surface area contributed by atoms with Crippen LogP contribution in [0.4, 0.5) is 10.1 Å². The first-order valence-corrected chi connectivity index (χ1v) is 9.09. The largest absolute Gasteiger partial charge is 0.325 e. The number of carbonyl (C=O) groups excluding carboxylic acids is 1. The Bertz CT molecular complexity index is 925. The lowest BCUT2D eigenvalue weighted by Gasteiger charge is -2.24. The third kappa shape index (κ3) is 3.90. The van der Waals surface area contributed by atoms with Crippen LogP contribution in [0.1, 0.15) is 18.4 Å². The Labute approximate surface area is 157 Å². The van der Waals surface area contributed by atoms with Crippen LogP contribution in [-0.2, 0) is 11.3 Å². The Morgan fingerprint density at radius 2 is 2.07 bits per heavy atom. The number of anilines is 1. The van der Waals surface area contributed by atoms with Gasteiger partial charge in [0.15, 0.2) is 0 Å². The van der Waals surface area contributed by atoms with Crippen molar-refractivity contribution < 1.29 is 9.18 Å². The highest BCUT2D eigenvalue weighted by Crippen LogP contribution is 2.23. The fraction of sp³-hybridized carbons (Fsp3) is 0.238. The van der Waals surface area contributed by atoms with Gasteiger partial charge >= 0.3 is 0 Å². The second kappa shape index (κ2) is 7.72. The summed E-state index contributed by atoms with van der Waals surface area (Å²) in [5, 5.41) is 7.21.